The maximum atomic E-state index is 13.7. The van der Waals surface area contributed by atoms with Gasteiger partial charge in [-0.15, -0.1) is 0 Å². The molecule has 0 amide bonds. The minimum absolute atomic E-state index is 0.113. The number of hydrogen-bond acceptors (Lipinski definition) is 3. The van der Waals surface area contributed by atoms with Crippen LogP contribution < -0.4 is 0 Å². The fourth-order valence-electron chi connectivity index (χ4n) is 3.60. The molecule has 1 atom stereocenters. The van der Waals surface area contributed by atoms with E-state index in [9.17, 15) is 31.1 Å². The first-order valence-electron chi connectivity index (χ1n) is 9.69. The summed E-state index contributed by atoms with van der Waals surface area (Å²) in [4.78, 5) is 21.0. The molecule has 0 fully saturated rings. The number of ketones is 1. The maximum absolute atomic E-state index is 13.7. The lowest BCUT2D eigenvalue weighted by atomic mass is 9.86. The highest BCUT2D eigenvalue weighted by molar-refractivity contribution is 5.97. The number of carbonyl (C=O) groups excluding carboxylic acids is 1. The first-order chi connectivity index (χ1) is 15.5. The third kappa shape index (κ3) is 4.74. The Bertz CT molecular complexity index is 1290. The second-order valence-corrected chi connectivity index (χ2v) is 7.34. The zero-order valence-electron chi connectivity index (χ0n) is 16.7. The molecule has 4 nitrogen and oxygen atoms in total. The van der Waals surface area contributed by atoms with Crippen molar-refractivity contribution >= 4 is 11.4 Å². The Labute approximate surface area is 183 Å². The molecule has 0 aliphatic rings. The lowest BCUT2D eigenvalue weighted by Crippen LogP contribution is -2.17. The monoisotopic (exact) mass is 463 g/mol. The summed E-state index contributed by atoms with van der Waals surface area (Å²) >= 11 is 0. The van der Waals surface area contributed by atoms with Crippen LogP contribution in [-0.4, -0.2) is 20.2 Å². The van der Waals surface area contributed by atoms with Crippen molar-refractivity contribution in [3.63, 3.8) is 0 Å². The number of pyridine rings is 2. The fraction of sp³-hybridized carbons (Fsp3) is 0.174. The van der Waals surface area contributed by atoms with Crippen molar-refractivity contribution in [3.8, 4) is 0 Å². The molecule has 170 valence electrons. The average molecular weight is 463 g/mol. The Morgan fingerprint density at radius 2 is 1.61 bits per heavy atom. The van der Waals surface area contributed by atoms with Gasteiger partial charge in [0.05, 0.1) is 16.8 Å². The number of rotatable bonds is 5. The zero-order valence-corrected chi connectivity index (χ0v) is 16.7. The summed E-state index contributed by atoms with van der Waals surface area (Å²) in [5.74, 6) is -1.71. The lowest BCUT2D eigenvalue weighted by Gasteiger charge is -2.21. The van der Waals surface area contributed by atoms with Crippen LogP contribution in [0.5, 0.6) is 0 Å². The molecule has 3 heterocycles. The minimum atomic E-state index is -4.76. The van der Waals surface area contributed by atoms with Crippen molar-refractivity contribution in [2.24, 2.45) is 0 Å². The number of hydrogen-bond donors (Lipinski definition) is 0. The van der Waals surface area contributed by atoms with Gasteiger partial charge in [0.25, 0.3) is 0 Å². The predicted octanol–water partition coefficient (Wildman–Crippen LogP) is 6.17. The topological polar surface area (TPSA) is 47.3 Å². The quantitative estimate of drug-likeness (QED) is 0.263. The summed E-state index contributed by atoms with van der Waals surface area (Å²) in [7, 11) is 0. The molecule has 1 aromatic carbocycles. The minimum Gasteiger partial charge on any atom is -0.307 e. The maximum Gasteiger partial charge on any atom is 0.418 e. The van der Waals surface area contributed by atoms with E-state index in [4.69, 9.17) is 0 Å². The first kappa shape index (κ1) is 22.5. The molecular formula is C23H15F6N3O. The van der Waals surface area contributed by atoms with Gasteiger partial charge >= 0.3 is 12.4 Å². The third-order valence-electron chi connectivity index (χ3n) is 5.22. The summed E-state index contributed by atoms with van der Waals surface area (Å²) in [5, 5.41) is 0. The molecule has 33 heavy (non-hydrogen) atoms. The van der Waals surface area contributed by atoms with Crippen LogP contribution in [0.3, 0.4) is 0 Å². The number of fused-ring (bicyclic) bond motifs is 1. The van der Waals surface area contributed by atoms with E-state index in [-0.39, 0.29) is 11.1 Å². The normalized spacial score (nSPS) is 13.3. The van der Waals surface area contributed by atoms with Gasteiger partial charge in [0, 0.05) is 42.7 Å². The Hall–Kier alpha value is -3.69. The van der Waals surface area contributed by atoms with E-state index in [0.29, 0.717) is 5.65 Å². The standard InChI is InChI=1S/C23H15F6N3O/c24-22(25,26)16-5-3-14(4-6-16)17(21-18(23(27,28)29)2-1-8-31-21)13-19(33)15-7-10-32-11-9-30-20(32)12-15/h1-12,17H,13H2/t17-/m0/s1. The van der Waals surface area contributed by atoms with E-state index >= 15 is 0 Å². The van der Waals surface area contributed by atoms with Gasteiger partial charge < -0.3 is 4.40 Å². The van der Waals surface area contributed by atoms with Gasteiger partial charge in [-0.2, -0.15) is 26.3 Å². The van der Waals surface area contributed by atoms with Crippen LogP contribution in [-0.2, 0) is 12.4 Å². The second kappa shape index (κ2) is 8.34. The summed E-state index contributed by atoms with van der Waals surface area (Å²) < 4.78 is 81.6. The summed E-state index contributed by atoms with van der Waals surface area (Å²) in [5.41, 5.74) is -1.62. The van der Waals surface area contributed by atoms with Crippen LogP contribution in [0.1, 0.15) is 45.1 Å². The number of aromatic nitrogens is 3. The number of alkyl halides is 6. The van der Waals surface area contributed by atoms with Crippen LogP contribution in [0, 0.1) is 0 Å². The number of carbonyl (C=O) groups is 1. The van der Waals surface area contributed by atoms with Crippen LogP contribution >= 0.6 is 0 Å². The Morgan fingerprint density at radius 3 is 2.27 bits per heavy atom. The zero-order chi connectivity index (χ0) is 23.8. The highest BCUT2D eigenvalue weighted by Gasteiger charge is 2.37. The molecule has 0 spiro atoms. The SMILES string of the molecule is O=C(C[C@@H](c1ccc(C(F)(F)F)cc1)c1ncccc1C(F)(F)F)c1ccn2ccnc2c1. The summed E-state index contributed by atoms with van der Waals surface area (Å²) in [6, 6.07) is 8.66. The molecule has 3 aromatic heterocycles. The van der Waals surface area contributed by atoms with Gasteiger partial charge in [-0.05, 0) is 42.0 Å². The van der Waals surface area contributed by atoms with Gasteiger partial charge in [-0.3, -0.25) is 9.78 Å². The largest absolute Gasteiger partial charge is 0.418 e. The summed E-state index contributed by atoms with van der Waals surface area (Å²) in [6.45, 7) is 0. The van der Waals surface area contributed by atoms with Crippen LogP contribution in [0.15, 0.2) is 73.3 Å². The molecule has 0 saturated carbocycles. The molecule has 0 aliphatic carbocycles. The Morgan fingerprint density at radius 1 is 0.879 bits per heavy atom. The van der Waals surface area contributed by atoms with Gasteiger partial charge in [0.1, 0.15) is 5.65 Å². The van der Waals surface area contributed by atoms with Gasteiger partial charge in [0.2, 0.25) is 0 Å². The van der Waals surface area contributed by atoms with E-state index in [1.54, 1.807) is 16.8 Å². The number of benzene rings is 1. The lowest BCUT2D eigenvalue weighted by molar-refractivity contribution is -0.139. The highest BCUT2D eigenvalue weighted by atomic mass is 19.4. The molecule has 4 rings (SSSR count). The predicted molar refractivity (Wildman–Crippen MR) is 107 cm³/mol. The van der Waals surface area contributed by atoms with Crippen molar-refractivity contribution in [3.05, 3.63) is 101 Å². The molecule has 0 saturated heterocycles. The molecule has 0 bridgehead atoms. The number of halogens is 6. The molecule has 0 unspecified atom stereocenters. The molecular weight excluding hydrogens is 448 g/mol. The van der Waals surface area contributed by atoms with E-state index < -0.39 is 47.3 Å². The van der Waals surface area contributed by atoms with Gasteiger partial charge in [0.15, 0.2) is 5.78 Å². The van der Waals surface area contributed by atoms with Gasteiger partial charge in [-0.1, -0.05) is 12.1 Å². The third-order valence-corrected chi connectivity index (χ3v) is 5.22. The number of imidazole rings is 1. The van der Waals surface area contributed by atoms with Crippen molar-refractivity contribution < 1.29 is 31.1 Å². The van der Waals surface area contributed by atoms with Crippen LogP contribution in [0.4, 0.5) is 26.3 Å². The van der Waals surface area contributed by atoms with E-state index in [0.717, 1.165) is 42.6 Å². The smallest absolute Gasteiger partial charge is 0.307 e. The van der Waals surface area contributed by atoms with E-state index in [1.165, 1.54) is 18.3 Å². The number of nitrogens with zero attached hydrogens (tertiary/aromatic N) is 3. The van der Waals surface area contributed by atoms with E-state index in [1.807, 2.05) is 0 Å². The Kier molecular flexibility index (Phi) is 5.69. The van der Waals surface area contributed by atoms with Crippen molar-refractivity contribution in [1.29, 1.82) is 0 Å². The molecule has 4 aromatic rings. The van der Waals surface area contributed by atoms with Crippen LogP contribution in [0.2, 0.25) is 0 Å². The second-order valence-electron chi connectivity index (χ2n) is 7.34. The van der Waals surface area contributed by atoms with Gasteiger partial charge in [-0.25, -0.2) is 4.98 Å². The highest BCUT2D eigenvalue weighted by Crippen LogP contribution is 2.39. The van der Waals surface area contributed by atoms with Crippen molar-refractivity contribution in [2.75, 3.05) is 0 Å². The average Bonchev–Trinajstić information content (AvgIpc) is 3.24. The molecule has 0 aliphatic heterocycles. The van der Waals surface area contributed by atoms with Crippen molar-refractivity contribution in [1.82, 2.24) is 14.4 Å². The number of Topliss-reactive ketones (excluding diaryl/α,β-unsaturated/α-hetero) is 1. The van der Waals surface area contributed by atoms with Crippen LogP contribution in [0.25, 0.3) is 5.65 Å². The van der Waals surface area contributed by atoms with E-state index in [2.05, 4.69) is 9.97 Å². The van der Waals surface area contributed by atoms with Crippen molar-refractivity contribution in [2.45, 2.75) is 24.7 Å². The Balaban J connectivity index is 1.77. The molecule has 0 N–H and O–H groups in total. The first-order valence-corrected chi connectivity index (χ1v) is 9.69. The fourth-order valence-corrected chi connectivity index (χ4v) is 3.60. The summed E-state index contributed by atoms with van der Waals surface area (Å²) in [6.07, 6.45) is -3.86. The molecule has 0 radical (unpaired) electrons. The molecule has 10 heteroatoms.